The summed E-state index contributed by atoms with van der Waals surface area (Å²) in [6.07, 6.45) is 0. The van der Waals surface area contributed by atoms with Crippen molar-refractivity contribution in [1.82, 2.24) is 0 Å². The van der Waals surface area contributed by atoms with Crippen molar-refractivity contribution in [3.8, 4) is 44.5 Å². The van der Waals surface area contributed by atoms with E-state index in [9.17, 15) is 0 Å². The molecule has 324 valence electrons. The molecule has 0 N–H and O–H groups in total. The summed E-state index contributed by atoms with van der Waals surface area (Å²) in [6, 6.07) is 97.8. The highest BCUT2D eigenvalue weighted by Gasteiger charge is 2.52. The molecule has 0 unspecified atom stereocenters. The zero-order valence-corrected chi connectivity index (χ0v) is 38.3. The lowest BCUT2D eigenvalue weighted by Gasteiger charge is -2.33. The third-order valence-electron chi connectivity index (χ3n) is 15.6. The number of nitrogens with zero attached hydrogens (tertiary/aromatic N) is 1. The van der Waals surface area contributed by atoms with Gasteiger partial charge in [0.1, 0.15) is 0 Å². The van der Waals surface area contributed by atoms with Crippen LogP contribution < -0.4 is 4.90 Å². The molecule has 13 aromatic carbocycles. The molecule has 0 aliphatic heterocycles. The van der Waals surface area contributed by atoms with E-state index < -0.39 is 5.41 Å². The highest BCUT2D eigenvalue weighted by molar-refractivity contribution is 6.26. The fourth-order valence-electron chi connectivity index (χ4n) is 12.7. The Labute approximate surface area is 406 Å². The smallest absolute Gasteiger partial charge is 0.0726 e. The van der Waals surface area contributed by atoms with Crippen molar-refractivity contribution in [3.05, 3.63) is 283 Å². The number of anilines is 3. The van der Waals surface area contributed by atoms with Crippen LogP contribution in [-0.2, 0) is 5.41 Å². The lowest BCUT2D eigenvalue weighted by molar-refractivity contribution is 0.794. The van der Waals surface area contributed by atoms with Gasteiger partial charge >= 0.3 is 0 Å². The minimum Gasteiger partial charge on any atom is -0.310 e. The molecule has 0 amide bonds. The number of hydrogen-bond acceptors (Lipinski definition) is 1. The first-order valence-electron chi connectivity index (χ1n) is 24.4. The lowest BCUT2D eigenvalue weighted by atomic mass is 9.70. The molecule has 0 saturated carbocycles. The number of fused-ring (bicyclic) bond motifs is 19. The van der Waals surface area contributed by atoms with Crippen LogP contribution in [-0.4, -0.2) is 0 Å². The van der Waals surface area contributed by atoms with Gasteiger partial charge in [-0.15, -0.1) is 0 Å². The molecule has 0 radical (unpaired) electrons. The molecule has 0 fully saturated rings. The van der Waals surface area contributed by atoms with Crippen LogP contribution in [0, 0.1) is 0 Å². The zero-order valence-electron chi connectivity index (χ0n) is 38.3. The second-order valence-electron chi connectivity index (χ2n) is 19.1. The summed E-state index contributed by atoms with van der Waals surface area (Å²) < 4.78 is 0. The van der Waals surface area contributed by atoms with E-state index in [2.05, 4.69) is 266 Å². The monoisotopic (exact) mass is 885 g/mol. The normalized spacial score (nSPS) is 13.0. The van der Waals surface area contributed by atoms with Crippen molar-refractivity contribution in [1.29, 1.82) is 0 Å². The maximum Gasteiger partial charge on any atom is 0.0726 e. The van der Waals surface area contributed by atoms with E-state index in [1.165, 1.54) is 121 Å². The highest BCUT2D eigenvalue weighted by atomic mass is 15.1. The first-order chi connectivity index (χ1) is 34.7. The second kappa shape index (κ2) is 15.0. The Kier molecular flexibility index (Phi) is 8.35. The Morgan fingerprint density at radius 3 is 1.29 bits per heavy atom. The van der Waals surface area contributed by atoms with Crippen molar-refractivity contribution in [2.24, 2.45) is 0 Å². The summed E-state index contributed by atoms with van der Waals surface area (Å²) in [5, 5.41) is 12.5. The minimum absolute atomic E-state index is 0.529. The van der Waals surface area contributed by atoms with Crippen LogP contribution in [0.25, 0.3) is 98.4 Å². The molecule has 2 aliphatic rings. The summed E-state index contributed by atoms with van der Waals surface area (Å²) in [5.74, 6) is 0. The molecule has 0 bridgehead atoms. The van der Waals surface area contributed by atoms with Gasteiger partial charge in [-0.25, -0.2) is 0 Å². The fourth-order valence-corrected chi connectivity index (χ4v) is 12.7. The van der Waals surface area contributed by atoms with Crippen LogP contribution in [0.3, 0.4) is 0 Å². The standard InChI is InChI=1S/C69H43N/c1-2-18-44(19-3-1)45-34-36-47(37-35-45)70(48-38-39-56-53-25-8-7-23-51(53)52-24-9-11-27-55(52)61(56)41-48)68-43-67-62(42-63(68)60-40-46-20-4-5-21-49(46)50-22-6-10-26-54(50)60)59-30-14-17-33-66(59)69(67)64-31-15-12-28-57(64)58-29-13-16-32-65(58)69/h1-43H. The fraction of sp³-hybridized carbons (Fsp3) is 0.0145. The van der Waals surface area contributed by atoms with E-state index in [0.717, 1.165) is 17.1 Å². The van der Waals surface area contributed by atoms with Crippen LogP contribution in [0.2, 0.25) is 0 Å². The van der Waals surface area contributed by atoms with E-state index in [1.807, 2.05) is 0 Å². The zero-order chi connectivity index (χ0) is 45.9. The van der Waals surface area contributed by atoms with Gasteiger partial charge in [0, 0.05) is 16.9 Å². The van der Waals surface area contributed by atoms with Crippen LogP contribution in [0.15, 0.2) is 261 Å². The average molecular weight is 886 g/mol. The maximum atomic E-state index is 2.58. The van der Waals surface area contributed by atoms with Gasteiger partial charge in [-0.1, -0.05) is 218 Å². The maximum absolute atomic E-state index is 2.58. The molecule has 0 heterocycles. The first-order valence-corrected chi connectivity index (χ1v) is 24.4. The molecule has 1 nitrogen and oxygen atoms in total. The number of rotatable bonds is 5. The quantitative estimate of drug-likeness (QED) is 0.156. The number of hydrogen-bond donors (Lipinski definition) is 0. The molecular formula is C69H43N. The summed E-state index contributed by atoms with van der Waals surface area (Å²) in [5.41, 5.74) is 18.0. The summed E-state index contributed by atoms with van der Waals surface area (Å²) in [6.45, 7) is 0. The lowest BCUT2D eigenvalue weighted by Crippen LogP contribution is -2.26. The summed E-state index contributed by atoms with van der Waals surface area (Å²) in [7, 11) is 0. The molecule has 0 atom stereocenters. The first kappa shape index (κ1) is 39.0. The van der Waals surface area contributed by atoms with E-state index in [-0.39, 0.29) is 0 Å². The van der Waals surface area contributed by atoms with Gasteiger partial charge in [-0.3, -0.25) is 0 Å². The van der Waals surface area contributed by atoms with Gasteiger partial charge in [0.05, 0.1) is 11.1 Å². The SMILES string of the molecule is c1ccc(-c2ccc(N(c3ccc4c5ccccc5c5ccccc5c4c3)c3cc4c(cc3-c3cc5ccccc5c5ccccc35)-c3ccccc3C43c4ccccc4-c4ccccc43)cc2)cc1. The van der Waals surface area contributed by atoms with Crippen LogP contribution in [0.1, 0.15) is 22.3 Å². The van der Waals surface area contributed by atoms with Crippen LogP contribution in [0.4, 0.5) is 17.1 Å². The predicted molar refractivity (Wildman–Crippen MR) is 296 cm³/mol. The number of benzene rings is 13. The molecule has 0 saturated heterocycles. The molecule has 70 heavy (non-hydrogen) atoms. The minimum atomic E-state index is -0.529. The van der Waals surface area contributed by atoms with Gasteiger partial charge in [0.25, 0.3) is 0 Å². The van der Waals surface area contributed by atoms with E-state index >= 15 is 0 Å². The molecule has 1 spiro atoms. The molecule has 2 aliphatic carbocycles. The topological polar surface area (TPSA) is 3.24 Å². The summed E-state index contributed by atoms with van der Waals surface area (Å²) >= 11 is 0. The third-order valence-corrected chi connectivity index (χ3v) is 15.6. The van der Waals surface area contributed by atoms with E-state index in [1.54, 1.807) is 0 Å². The Morgan fingerprint density at radius 2 is 0.671 bits per heavy atom. The Bertz CT molecular complexity index is 4210. The largest absolute Gasteiger partial charge is 0.310 e. The van der Waals surface area contributed by atoms with E-state index in [4.69, 9.17) is 0 Å². The van der Waals surface area contributed by atoms with Crippen LogP contribution in [0.5, 0.6) is 0 Å². The van der Waals surface area contributed by atoms with Crippen molar-refractivity contribution in [2.45, 2.75) is 5.41 Å². The van der Waals surface area contributed by atoms with Crippen molar-refractivity contribution < 1.29 is 0 Å². The van der Waals surface area contributed by atoms with Crippen molar-refractivity contribution in [3.63, 3.8) is 0 Å². The van der Waals surface area contributed by atoms with Crippen LogP contribution >= 0.6 is 0 Å². The Hall–Kier alpha value is -9.04. The molecule has 13 aromatic rings. The van der Waals surface area contributed by atoms with E-state index in [0.29, 0.717) is 0 Å². The van der Waals surface area contributed by atoms with Gasteiger partial charge < -0.3 is 4.90 Å². The molecule has 15 rings (SSSR count). The highest BCUT2D eigenvalue weighted by Crippen LogP contribution is 2.64. The van der Waals surface area contributed by atoms with Gasteiger partial charge in [0.2, 0.25) is 0 Å². The van der Waals surface area contributed by atoms with Gasteiger partial charge in [0.15, 0.2) is 0 Å². The van der Waals surface area contributed by atoms with Gasteiger partial charge in [-0.05, 0) is 158 Å². The molecule has 0 aromatic heterocycles. The van der Waals surface area contributed by atoms with Crippen molar-refractivity contribution in [2.75, 3.05) is 4.90 Å². The van der Waals surface area contributed by atoms with Crippen molar-refractivity contribution >= 4 is 70.9 Å². The predicted octanol–water partition coefficient (Wildman–Crippen LogP) is 18.6. The van der Waals surface area contributed by atoms with Gasteiger partial charge in [-0.2, -0.15) is 0 Å². The second-order valence-corrected chi connectivity index (χ2v) is 19.1. The Morgan fingerprint density at radius 1 is 0.229 bits per heavy atom. The molecular weight excluding hydrogens is 843 g/mol. The average Bonchev–Trinajstić information content (AvgIpc) is 3.90. The summed E-state index contributed by atoms with van der Waals surface area (Å²) in [4.78, 5) is 2.56. The Balaban J connectivity index is 1.10. The third kappa shape index (κ3) is 5.43. The molecule has 1 heteroatoms.